The Hall–Kier alpha value is -3.16. The minimum absolute atomic E-state index is 0.0649. The van der Waals surface area contributed by atoms with E-state index < -0.39 is 11.7 Å². The average molecular weight is 445 g/mol. The molecule has 0 aliphatic carbocycles. The van der Waals surface area contributed by atoms with Crippen molar-refractivity contribution in [3.63, 3.8) is 0 Å². The van der Waals surface area contributed by atoms with Gasteiger partial charge >= 0.3 is 6.18 Å². The third kappa shape index (κ3) is 4.69. The van der Waals surface area contributed by atoms with Crippen LogP contribution in [0.5, 0.6) is 5.75 Å². The highest BCUT2D eigenvalue weighted by Gasteiger charge is 2.35. The molecule has 4 rings (SSSR count). The molecule has 7 nitrogen and oxygen atoms in total. The molecule has 1 aliphatic heterocycles. The van der Waals surface area contributed by atoms with Crippen LogP contribution in [0, 0.1) is 11.3 Å². The minimum Gasteiger partial charge on any atom is -0.493 e. The summed E-state index contributed by atoms with van der Waals surface area (Å²) in [5.74, 6) is -0.217. The molecule has 0 bridgehead atoms. The summed E-state index contributed by atoms with van der Waals surface area (Å²) < 4.78 is 53.8. The molecule has 2 aromatic heterocycles. The first-order chi connectivity index (χ1) is 15.4. The lowest BCUT2D eigenvalue weighted by Gasteiger charge is -2.26. The van der Waals surface area contributed by atoms with Gasteiger partial charge in [0.25, 0.3) is 0 Å². The van der Waals surface area contributed by atoms with Crippen molar-refractivity contribution < 1.29 is 22.6 Å². The molecule has 1 aromatic carbocycles. The van der Waals surface area contributed by atoms with Crippen molar-refractivity contribution >= 4 is 11.0 Å². The first-order valence-corrected chi connectivity index (χ1v) is 10.2. The zero-order valence-electron chi connectivity index (χ0n) is 17.5. The molecule has 32 heavy (non-hydrogen) atoms. The highest BCUT2D eigenvalue weighted by Crippen LogP contribution is 2.39. The molecule has 0 saturated carbocycles. The van der Waals surface area contributed by atoms with E-state index in [0.29, 0.717) is 30.7 Å². The fourth-order valence-electron chi connectivity index (χ4n) is 3.69. The van der Waals surface area contributed by atoms with E-state index in [0.717, 1.165) is 25.7 Å². The zero-order valence-corrected chi connectivity index (χ0v) is 17.5. The lowest BCUT2D eigenvalue weighted by atomic mass is 10.1. The van der Waals surface area contributed by atoms with E-state index in [-0.39, 0.29) is 29.3 Å². The van der Waals surface area contributed by atoms with Gasteiger partial charge in [-0.15, -0.1) is 0 Å². The van der Waals surface area contributed by atoms with Gasteiger partial charge in [0.2, 0.25) is 0 Å². The Morgan fingerprint density at radius 3 is 2.72 bits per heavy atom. The summed E-state index contributed by atoms with van der Waals surface area (Å²) in [5, 5.41) is 9.39. The molecule has 0 spiro atoms. The number of morpholine rings is 1. The smallest absolute Gasteiger partial charge is 0.419 e. The van der Waals surface area contributed by atoms with Gasteiger partial charge in [-0.05, 0) is 30.7 Å². The Labute approximate surface area is 183 Å². The Morgan fingerprint density at radius 2 is 2.00 bits per heavy atom. The summed E-state index contributed by atoms with van der Waals surface area (Å²) in [6.45, 7) is 3.91. The number of hydrogen-bond acceptors (Lipinski definition) is 6. The number of ether oxygens (including phenoxy) is 2. The second-order valence-corrected chi connectivity index (χ2v) is 7.56. The second kappa shape index (κ2) is 9.14. The van der Waals surface area contributed by atoms with Crippen molar-refractivity contribution in [2.45, 2.75) is 12.6 Å². The third-order valence-electron chi connectivity index (χ3n) is 5.38. The quantitative estimate of drug-likeness (QED) is 0.540. The summed E-state index contributed by atoms with van der Waals surface area (Å²) in [4.78, 5) is 10.6. The van der Waals surface area contributed by atoms with Crippen molar-refractivity contribution in [2.24, 2.45) is 7.05 Å². The van der Waals surface area contributed by atoms with E-state index in [1.165, 1.54) is 18.5 Å². The Bertz CT molecular complexity index is 1150. The molecule has 0 amide bonds. The highest BCUT2D eigenvalue weighted by molar-refractivity contribution is 5.84. The molecule has 0 radical (unpaired) electrons. The maximum absolute atomic E-state index is 13.8. The molecule has 1 saturated heterocycles. The Kier molecular flexibility index (Phi) is 6.30. The van der Waals surface area contributed by atoms with Crippen LogP contribution in [0.4, 0.5) is 13.2 Å². The molecule has 3 aromatic rings. The van der Waals surface area contributed by atoms with E-state index >= 15 is 0 Å². The van der Waals surface area contributed by atoms with Crippen LogP contribution in [-0.4, -0.2) is 58.9 Å². The summed E-state index contributed by atoms with van der Waals surface area (Å²) in [7, 11) is 1.75. The predicted octanol–water partition coefficient (Wildman–Crippen LogP) is 3.63. The molecule has 0 unspecified atom stereocenters. The fraction of sp³-hybridized carbons (Fsp3) is 0.409. The van der Waals surface area contributed by atoms with Gasteiger partial charge in [0.1, 0.15) is 17.3 Å². The molecule has 0 atom stereocenters. The largest absolute Gasteiger partial charge is 0.493 e. The number of nitriles is 1. The number of rotatable bonds is 6. The minimum atomic E-state index is -4.59. The van der Waals surface area contributed by atoms with E-state index in [1.54, 1.807) is 17.7 Å². The summed E-state index contributed by atoms with van der Waals surface area (Å²) in [6, 6.07) is 7.45. The standard InChI is InChI=1S/C22H22F3N5O2/c1-29-14-27-21-18(13-26)28-17(12-19(21)29)15-3-4-20(16(11-15)22(23,24)25)32-8-2-5-30-6-9-31-10-7-30/h3-4,11-12,14H,2,5-10H2,1H3. The molecular weight excluding hydrogens is 423 g/mol. The van der Waals surface area contributed by atoms with Crippen LogP contribution in [0.3, 0.4) is 0 Å². The van der Waals surface area contributed by atoms with Crippen molar-refractivity contribution in [1.29, 1.82) is 5.26 Å². The van der Waals surface area contributed by atoms with Crippen LogP contribution >= 0.6 is 0 Å². The van der Waals surface area contributed by atoms with Crippen molar-refractivity contribution in [3.05, 3.63) is 41.9 Å². The van der Waals surface area contributed by atoms with Gasteiger partial charge in [0, 0.05) is 32.2 Å². The topological polar surface area (TPSA) is 76.2 Å². The number of halogens is 3. The van der Waals surface area contributed by atoms with Crippen LogP contribution in [0.25, 0.3) is 22.3 Å². The first-order valence-electron chi connectivity index (χ1n) is 10.2. The monoisotopic (exact) mass is 445 g/mol. The number of aryl methyl sites for hydroxylation is 1. The van der Waals surface area contributed by atoms with Crippen LogP contribution in [0.2, 0.25) is 0 Å². The zero-order chi connectivity index (χ0) is 22.7. The number of benzene rings is 1. The SMILES string of the molecule is Cn1cnc2c(C#N)nc(-c3ccc(OCCCN4CCOCC4)c(C(F)(F)F)c3)cc21. The fourth-order valence-corrected chi connectivity index (χ4v) is 3.69. The average Bonchev–Trinajstić information content (AvgIpc) is 3.17. The number of nitrogens with zero attached hydrogens (tertiary/aromatic N) is 5. The van der Waals surface area contributed by atoms with Crippen LogP contribution in [-0.2, 0) is 18.0 Å². The maximum atomic E-state index is 13.8. The lowest BCUT2D eigenvalue weighted by Crippen LogP contribution is -2.37. The molecule has 1 aliphatic rings. The normalized spacial score (nSPS) is 15.1. The summed E-state index contributed by atoms with van der Waals surface area (Å²) in [5.41, 5.74) is 0.736. The molecular formula is C22H22F3N5O2. The van der Waals surface area contributed by atoms with E-state index in [2.05, 4.69) is 14.9 Å². The van der Waals surface area contributed by atoms with Crippen molar-refractivity contribution in [1.82, 2.24) is 19.4 Å². The van der Waals surface area contributed by atoms with E-state index in [1.807, 2.05) is 6.07 Å². The second-order valence-electron chi connectivity index (χ2n) is 7.56. The van der Waals surface area contributed by atoms with E-state index in [9.17, 15) is 18.4 Å². The van der Waals surface area contributed by atoms with Gasteiger partial charge < -0.3 is 14.0 Å². The number of imidazole rings is 1. The molecule has 10 heteroatoms. The van der Waals surface area contributed by atoms with Gasteiger partial charge in [-0.1, -0.05) is 0 Å². The van der Waals surface area contributed by atoms with E-state index in [4.69, 9.17) is 9.47 Å². The lowest BCUT2D eigenvalue weighted by molar-refractivity contribution is -0.138. The summed E-state index contributed by atoms with van der Waals surface area (Å²) in [6.07, 6.45) is -2.44. The first kappa shape index (κ1) is 22.0. The van der Waals surface area contributed by atoms with Gasteiger partial charge in [-0.3, -0.25) is 4.90 Å². The number of alkyl halides is 3. The number of fused-ring (bicyclic) bond motifs is 1. The van der Waals surface area contributed by atoms with Crippen molar-refractivity contribution in [3.8, 4) is 23.1 Å². The van der Waals surface area contributed by atoms with Crippen LogP contribution in [0.1, 0.15) is 17.7 Å². The molecule has 168 valence electrons. The number of aromatic nitrogens is 3. The van der Waals surface area contributed by atoms with Crippen LogP contribution in [0.15, 0.2) is 30.6 Å². The number of pyridine rings is 1. The molecule has 0 N–H and O–H groups in total. The van der Waals surface area contributed by atoms with Gasteiger partial charge in [-0.25, -0.2) is 9.97 Å². The Balaban J connectivity index is 1.57. The van der Waals surface area contributed by atoms with Gasteiger partial charge in [-0.2, -0.15) is 18.4 Å². The molecule has 1 fully saturated rings. The van der Waals surface area contributed by atoms with Gasteiger partial charge in [0.05, 0.1) is 42.9 Å². The maximum Gasteiger partial charge on any atom is 0.419 e. The number of hydrogen-bond donors (Lipinski definition) is 0. The highest BCUT2D eigenvalue weighted by atomic mass is 19.4. The Morgan fingerprint density at radius 1 is 1.22 bits per heavy atom. The predicted molar refractivity (Wildman–Crippen MR) is 111 cm³/mol. The van der Waals surface area contributed by atoms with Crippen LogP contribution < -0.4 is 4.74 Å². The van der Waals surface area contributed by atoms with Gasteiger partial charge in [0.15, 0.2) is 5.69 Å². The molecule has 3 heterocycles. The summed E-state index contributed by atoms with van der Waals surface area (Å²) >= 11 is 0. The van der Waals surface area contributed by atoms with Crippen molar-refractivity contribution in [2.75, 3.05) is 39.5 Å². The third-order valence-corrected chi connectivity index (χ3v) is 5.38.